The summed E-state index contributed by atoms with van der Waals surface area (Å²) in [6, 6.07) is 15.0. The smallest absolute Gasteiger partial charge is 0.314 e. The number of rotatable bonds is 5. The fraction of sp³-hybridized carbons (Fsp3) is 0.421. The van der Waals surface area contributed by atoms with Crippen molar-refractivity contribution in [2.24, 2.45) is 5.92 Å². The molecule has 1 fully saturated rings. The van der Waals surface area contributed by atoms with Crippen LogP contribution in [0.5, 0.6) is 0 Å². The molecule has 2 aromatic carbocycles. The molecule has 1 atom stereocenters. The predicted octanol–water partition coefficient (Wildman–Crippen LogP) is 2.98. The van der Waals surface area contributed by atoms with Gasteiger partial charge >= 0.3 is 6.03 Å². The molecule has 0 spiro atoms. The number of carbonyl (C=O) groups excluding carboxylic acids is 1. The van der Waals surface area contributed by atoms with Gasteiger partial charge in [-0.2, -0.15) is 0 Å². The van der Waals surface area contributed by atoms with Crippen molar-refractivity contribution >= 4 is 16.8 Å². The van der Waals surface area contributed by atoms with E-state index in [0.717, 1.165) is 32.6 Å². The molecule has 122 valence electrons. The minimum absolute atomic E-state index is 0.0556. The average molecular weight is 311 g/mol. The van der Waals surface area contributed by atoms with Crippen LogP contribution in [-0.2, 0) is 6.54 Å². The third-order valence-electron chi connectivity index (χ3n) is 4.53. The van der Waals surface area contributed by atoms with Crippen molar-refractivity contribution in [1.29, 1.82) is 0 Å². The Balaban J connectivity index is 1.56. The standard InChI is InChI=1S/C19H25N3O/c1-2-20-19(23)21-12-15-10-11-22(13-15)14-17-8-5-7-16-6-3-4-9-18(16)17/h3-9,15H,2,10-14H2,1H3,(H2,20,21,23)/t15-/m0/s1. The van der Waals surface area contributed by atoms with E-state index in [4.69, 9.17) is 0 Å². The normalized spacial score (nSPS) is 18.2. The molecule has 1 aliphatic rings. The van der Waals surface area contributed by atoms with Crippen molar-refractivity contribution in [2.75, 3.05) is 26.2 Å². The Morgan fingerprint density at radius 1 is 1.17 bits per heavy atom. The van der Waals surface area contributed by atoms with Gasteiger partial charge in [0, 0.05) is 26.2 Å². The fourth-order valence-corrected chi connectivity index (χ4v) is 3.35. The number of nitrogens with one attached hydrogen (secondary N) is 2. The predicted molar refractivity (Wildman–Crippen MR) is 94.4 cm³/mol. The molecule has 0 saturated carbocycles. The molecule has 4 heteroatoms. The SMILES string of the molecule is CCNC(=O)NC[C@@H]1CCN(Cc2cccc3ccccc23)C1. The second kappa shape index (κ2) is 7.47. The first-order valence-electron chi connectivity index (χ1n) is 8.47. The Hall–Kier alpha value is -2.07. The summed E-state index contributed by atoms with van der Waals surface area (Å²) in [5.74, 6) is 0.549. The zero-order valence-corrected chi connectivity index (χ0v) is 13.7. The monoisotopic (exact) mass is 311 g/mol. The highest BCUT2D eigenvalue weighted by molar-refractivity contribution is 5.85. The number of carbonyl (C=O) groups is 1. The Bertz CT molecular complexity index is 665. The summed E-state index contributed by atoms with van der Waals surface area (Å²) in [6.07, 6.45) is 1.15. The zero-order chi connectivity index (χ0) is 16.1. The molecule has 0 bridgehead atoms. The molecule has 0 radical (unpaired) electrons. The van der Waals surface area contributed by atoms with Crippen molar-refractivity contribution in [3.8, 4) is 0 Å². The third-order valence-corrected chi connectivity index (χ3v) is 4.53. The number of benzene rings is 2. The first-order chi connectivity index (χ1) is 11.3. The lowest BCUT2D eigenvalue weighted by Gasteiger charge is -2.18. The molecule has 2 amide bonds. The van der Waals surface area contributed by atoms with Crippen molar-refractivity contribution in [2.45, 2.75) is 19.9 Å². The summed E-state index contributed by atoms with van der Waals surface area (Å²) in [5.41, 5.74) is 1.39. The van der Waals surface area contributed by atoms with Gasteiger partial charge in [0.05, 0.1) is 0 Å². The van der Waals surface area contributed by atoms with Crippen LogP contribution in [0.25, 0.3) is 10.8 Å². The van der Waals surface area contributed by atoms with Gasteiger partial charge in [-0.3, -0.25) is 4.90 Å². The minimum Gasteiger partial charge on any atom is -0.338 e. The van der Waals surface area contributed by atoms with Crippen LogP contribution in [0.3, 0.4) is 0 Å². The number of hydrogen-bond acceptors (Lipinski definition) is 2. The van der Waals surface area contributed by atoms with E-state index in [-0.39, 0.29) is 6.03 Å². The highest BCUT2D eigenvalue weighted by Gasteiger charge is 2.23. The van der Waals surface area contributed by atoms with Gasteiger partial charge in [-0.15, -0.1) is 0 Å². The summed E-state index contributed by atoms with van der Waals surface area (Å²) < 4.78 is 0. The number of fused-ring (bicyclic) bond motifs is 1. The Kier molecular flexibility index (Phi) is 5.13. The number of amides is 2. The molecule has 0 aromatic heterocycles. The van der Waals surface area contributed by atoms with Crippen LogP contribution < -0.4 is 10.6 Å². The highest BCUT2D eigenvalue weighted by atomic mass is 16.2. The van der Waals surface area contributed by atoms with Crippen LogP contribution in [0.4, 0.5) is 4.79 Å². The zero-order valence-electron chi connectivity index (χ0n) is 13.7. The van der Waals surface area contributed by atoms with Crippen molar-refractivity contribution in [1.82, 2.24) is 15.5 Å². The van der Waals surface area contributed by atoms with Crippen LogP contribution >= 0.6 is 0 Å². The molecule has 23 heavy (non-hydrogen) atoms. The lowest BCUT2D eigenvalue weighted by atomic mass is 10.0. The maximum Gasteiger partial charge on any atom is 0.314 e. The van der Waals surface area contributed by atoms with Gasteiger partial charge in [0.25, 0.3) is 0 Å². The number of hydrogen-bond donors (Lipinski definition) is 2. The summed E-state index contributed by atoms with van der Waals surface area (Å²) in [7, 11) is 0. The molecule has 0 aliphatic carbocycles. The van der Waals surface area contributed by atoms with Gasteiger partial charge in [0.15, 0.2) is 0 Å². The van der Waals surface area contributed by atoms with E-state index in [9.17, 15) is 4.79 Å². The summed E-state index contributed by atoms with van der Waals surface area (Å²) in [4.78, 5) is 14.0. The van der Waals surface area contributed by atoms with Crippen LogP contribution in [0.1, 0.15) is 18.9 Å². The van der Waals surface area contributed by atoms with Gasteiger partial charge in [0.1, 0.15) is 0 Å². The Labute approximate surface area is 137 Å². The molecule has 1 aliphatic heterocycles. The average Bonchev–Trinajstić information content (AvgIpc) is 3.01. The maximum atomic E-state index is 11.5. The quantitative estimate of drug-likeness (QED) is 0.891. The van der Waals surface area contributed by atoms with E-state index in [1.54, 1.807) is 0 Å². The Morgan fingerprint density at radius 2 is 2.00 bits per heavy atom. The number of nitrogens with zero attached hydrogens (tertiary/aromatic N) is 1. The molecule has 0 unspecified atom stereocenters. The third kappa shape index (κ3) is 4.02. The van der Waals surface area contributed by atoms with Crippen molar-refractivity contribution in [3.63, 3.8) is 0 Å². The summed E-state index contributed by atoms with van der Waals surface area (Å²) >= 11 is 0. The van der Waals surface area contributed by atoms with Crippen LogP contribution in [0.2, 0.25) is 0 Å². The van der Waals surface area contributed by atoms with Gasteiger partial charge in [-0.05, 0) is 42.1 Å². The highest BCUT2D eigenvalue weighted by Crippen LogP contribution is 2.23. The lowest BCUT2D eigenvalue weighted by molar-refractivity contribution is 0.239. The molecular formula is C19H25N3O. The van der Waals surface area contributed by atoms with Crippen LogP contribution in [0, 0.1) is 5.92 Å². The molecule has 1 heterocycles. The lowest BCUT2D eigenvalue weighted by Crippen LogP contribution is -2.38. The van der Waals surface area contributed by atoms with E-state index in [1.165, 1.54) is 16.3 Å². The van der Waals surface area contributed by atoms with Crippen molar-refractivity contribution in [3.05, 3.63) is 48.0 Å². The molecule has 2 aromatic rings. The fourth-order valence-electron chi connectivity index (χ4n) is 3.35. The largest absolute Gasteiger partial charge is 0.338 e. The van der Waals surface area contributed by atoms with E-state index in [1.807, 2.05) is 6.92 Å². The Morgan fingerprint density at radius 3 is 2.87 bits per heavy atom. The number of likely N-dealkylation sites (tertiary alicyclic amines) is 1. The maximum absolute atomic E-state index is 11.5. The molecule has 3 rings (SSSR count). The topological polar surface area (TPSA) is 44.4 Å². The first-order valence-corrected chi connectivity index (χ1v) is 8.47. The van der Waals surface area contributed by atoms with Gasteiger partial charge in [-0.1, -0.05) is 42.5 Å². The second-order valence-corrected chi connectivity index (χ2v) is 6.27. The number of urea groups is 1. The second-order valence-electron chi connectivity index (χ2n) is 6.27. The first kappa shape index (κ1) is 15.8. The molecular weight excluding hydrogens is 286 g/mol. The van der Waals surface area contributed by atoms with Gasteiger partial charge < -0.3 is 10.6 Å². The summed E-state index contributed by atoms with van der Waals surface area (Å²) in [5, 5.41) is 8.39. The molecule has 1 saturated heterocycles. The van der Waals surface area contributed by atoms with E-state index in [2.05, 4.69) is 58.0 Å². The van der Waals surface area contributed by atoms with E-state index >= 15 is 0 Å². The van der Waals surface area contributed by atoms with Crippen molar-refractivity contribution < 1.29 is 4.79 Å². The minimum atomic E-state index is -0.0556. The van der Waals surface area contributed by atoms with Gasteiger partial charge in [0.2, 0.25) is 0 Å². The summed E-state index contributed by atoms with van der Waals surface area (Å²) in [6.45, 7) is 6.50. The van der Waals surface area contributed by atoms with E-state index < -0.39 is 0 Å². The molecule has 4 nitrogen and oxygen atoms in total. The van der Waals surface area contributed by atoms with Gasteiger partial charge in [-0.25, -0.2) is 4.79 Å². The van der Waals surface area contributed by atoms with Crippen LogP contribution in [-0.4, -0.2) is 37.1 Å². The molecule has 2 N–H and O–H groups in total. The van der Waals surface area contributed by atoms with E-state index in [0.29, 0.717) is 12.5 Å². The van der Waals surface area contributed by atoms with Crippen LogP contribution in [0.15, 0.2) is 42.5 Å².